The molecular formula is C19H29FN4O2. The fourth-order valence-electron chi connectivity index (χ4n) is 2.94. The Balaban J connectivity index is 1.79. The largest absolute Gasteiger partial charge is 0.348 e. The van der Waals surface area contributed by atoms with Crippen LogP contribution in [0.2, 0.25) is 0 Å². The minimum Gasteiger partial charge on any atom is -0.348 e. The van der Waals surface area contributed by atoms with Gasteiger partial charge in [0.25, 0.3) is 0 Å². The minimum atomic E-state index is -0.274. The summed E-state index contributed by atoms with van der Waals surface area (Å²) in [6.45, 7) is 4.55. The van der Waals surface area contributed by atoms with Crippen molar-refractivity contribution in [1.29, 1.82) is 0 Å². The topological polar surface area (TPSA) is 47.1 Å². The van der Waals surface area contributed by atoms with Crippen LogP contribution in [0.25, 0.3) is 0 Å². The maximum Gasteiger partial charge on any atom is 0.236 e. The normalized spacial score (nSPS) is 16.2. The molecule has 1 aromatic rings. The molecule has 6 nitrogen and oxygen atoms in total. The molecule has 0 aromatic heterocycles. The first-order valence-electron chi connectivity index (χ1n) is 8.98. The lowest BCUT2D eigenvalue weighted by molar-refractivity contribution is -0.132. The van der Waals surface area contributed by atoms with Crippen molar-refractivity contribution in [3.05, 3.63) is 35.6 Å². The summed E-state index contributed by atoms with van der Waals surface area (Å²) in [7, 11) is 5.30. The average Bonchev–Trinajstić information content (AvgIpc) is 2.82. The number of carbonyl (C=O) groups is 2. The molecule has 1 heterocycles. The van der Waals surface area contributed by atoms with Crippen LogP contribution in [-0.2, 0) is 16.1 Å². The maximum atomic E-state index is 13.0. The van der Waals surface area contributed by atoms with Crippen LogP contribution in [0.5, 0.6) is 0 Å². The second-order valence-corrected chi connectivity index (χ2v) is 7.07. The Bertz CT molecular complexity index is 606. The van der Waals surface area contributed by atoms with Gasteiger partial charge in [0.1, 0.15) is 5.82 Å². The minimum absolute atomic E-state index is 0.0483. The summed E-state index contributed by atoms with van der Waals surface area (Å²) >= 11 is 0. The number of benzene rings is 1. The predicted octanol–water partition coefficient (Wildman–Crippen LogP) is 0.880. The van der Waals surface area contributed by atoms with Crippen LogP contribution < -0.4 is 0 Å². The van der Waals surface area contributed by atoms with Crippen LogP contribution in [0.1, 0.15) is 12.0 Å². The molecular weight excluding hydrogens is 335 g/mol. The molecule has 0 bridgehead atoms. The van der Waals surface area contributed by atoms with Crippen molar-refractivity contribution in [2.75, 3.05) is 60.4 Å². The molecule has 1 aliphatic rings. The van der Waals surface area contributed by atoms with E-state index in [0.29, 0.717) is 19.6 Å². The standard InChI is InChI=1S/C19H29FN4O2/c1-21(2)18(25)14-23-9-4-10-24(12-11-23)15-19(26)22(3)13-16-5-7-17(20)8-6-16/h5-8H,4,9-15H2,1-3H3. The second-order valence-electron chi connectivity index (χ2n) is 7.07. The van der Waals surface area contributed by atoms with Gasteiger partial charge in [0, 0.05) is 40.8 Å². The molecule has 26 heavy (non-hydrogen) atoms. The smallest absolute Gasteiger partial charge is 0.236 e. The number of rotatable bonds is 6. The van der Waals surface area contributed by atoms with E-state index in [2.05, 4.69) is 9.80 Å². The fourth-order valence-corrected chi connectivity index (χ4v) is 2.94. The molecule has 0 saturated carbocycles. The molecule has 0 unspecified atom stereocenters. The molecule has 2 amide bonds. The van der Waals surface area contributed by atoms with Crippen molar-refractivity contribution >= 4 is 11.8 Å². The molecule has 0 radical (unpaired) electrons. The zero-order chi connectivity index (χ0) is 19.1. The first-order chi connectivity index (χ1) is 12.3. The number of hydrogen-bond acceptors (Lipinski definition) is 4. The highest BCUT2D eigenvalue weighted by Crippen LogP contribution is 2.08. The number of nitrogens with zero attached hydrogens (tertiary/aromatic N) is 4. The van der Waals surface area contributed by atoms with Gasteiger partial charge in [0.2, 0.25) is 11.8 Å². The Morgan fingerprint density at radius 1 is 0.923 bits per heavy atom. The second kappa shape index (κ2) is 9.64. The first kappa shape index (κ1) is 20.3. The molecule has 1 aromatic carbocycles. The zero-order valence-corrected chi connectivity index (χ0v) is 15.9. The molecule has 7 heteroatoms. The number of hydrogen-bond donors (Lipinski definition) is 0. The summed E-state index contributed by atoms with van der Waals surface area (Å²) < 4.78 is 13.0. The number of carbonyl (C=O) groups excluding carboxylic acids is 2. The van der Waals surface area contributed by atoms with Gasteiger partial charge >= 0.3 is 0 Å². The van der Waals surface area contributed by atoms with Crippen molar-refractivity contribution < 1.29 is 14.0 Å². The highest BCUT2D eigenvalue weighted by atomic mass is 19.1. The van der Waals surface area contributed by atoms with E-state index >= 15 is 0 Å². The van der Waals surface area contributed by atoms with Gasteiger partial charge in [0.15, 0.2) is 0 Å². The fraction of sp³-hybridized carbons (Fsp3) is 0.579. The maximum absolute atomic E-state index is 13.0. The van der Waals surface area contributed by atoms with E-state index in [-0.39, 0.29) is 17.6 Å². The summed E-state index contributed by atoms with van der Waals surface area (Å²) in [6.07, 6.45) is 0.940. The Morgan fingerprint density at radius 3 is 2.00 bits per heavy atom. The van der Waals surface area contributed by atoms with Gasteiger partial charge in [-0.05, 0) is 37.2 Å². The summed E-state index contributed by atoms with van der Waals surface area (Å²) in [4.78, 5) is 31.9. The molecule has 1 aliphatic heterocycles. The van der Waals surface area contributed by atoms with E-state index in [1.54, 1.807) is 43.1 Å². The highest BCUT2D eigenvalue weighted by Gasteiger charge is 2.20. The third-order valence-electron chi connectivity index (χ3n) is 4.66. The zero-order valence-electron chi connectivity index (χ0n) is 15.9. The van der Waals surface area contributed by atoms with E-state index in [4.69, 9.17) is 0 Å². The lowest BCUT2D eigenvalue weighted by Crippen LogP contribution is -2.41. The Kier molecular flexibility index (Phi) is 7.53. The number of likely N-dealkylation sites (N-methyl/N-ethyl adjacent to an activating group) is 2. The molecule has 1 saturated heterocycles. The van der Waals surface area contributed by atoms with Gasteiger partial charge in [0.05, 0.1) is 13.1 Å². The van der Waals surface area contributed by atoms with Crippen molar-refractivity contribution in [2.24, 2.45) is 0 Å². The average molecular weight is 364 g/mol. The van der Waals surface area contributed by atoms with E-state index in [1.165, 1.54) is 12.1 Å². The van der Waals surface area contributed by atoms with Crippen LogP contribution in [0.3, 0.4) is 0 Å². The van der Waals surface area contributed by atoms with Crippen LogP contribution in [-0.4, -0.2) is 91.8 Å². The summed E-state index contributed by atoms with van der Waals surface area (Å²) in [5.41, 5.74) is 0.909. The van der Waals surface area contributed by atoms with Gasteiger partial charge < -0.3 is 9.80 Å². The first-order valence-corrected chi connectivity index (χ1v) is 8.98. The molecule has 0 N–H and O–H groups in total. The third kappa shape index (κ3) is 6.38. The number of halogens is 1. The van der Waals surface area contributed by atoms with Crippen LogP contribution in [0, 0.1) is 5.82 Å². The Morgan fingerprint density at radius 2 is 1.46 bits per heavy atom. The summed E-state index contributed by atoms with van der Waals surface area (Å²) in [6, 6.07) is 6.22. The van der Waals surface area contributed by atoms with Crippen LogP contribution in [0.4, 0.5) is 4.39 Å². The van der Waals surface area contributed by atoms with Gasteiger partial charge in [-0.2, -0.15) is 0 Å². The summed E-state index contributed by atoms with van der Waals surface area (Å²) in [5, 5.41) is 0. The van der Waals surface area contributed by atoms with E-state index < -0.39 is 0 Å². The lowest BCUT2D eigenvalue weighted by Gasteiger charge is -2.24. The van der Waals surface area contributed by atoms with Gasteiger partial charge in [-0.25, -0.2) is 4.39 Å². The Labute approximate surface area is 155 Å². The van der Waals surface area contributed by atoms with Crippen molar-refractivity contribution in [3.63, 3.8) is 0 Å². The van der Waals surface area contributed by atoms with Crippen molar-refractivity contribution in [2.45, 2.75) is 13.0 Å². The third-order valence-corrected chi connectivity index (χ3v) is 4.66. The molecule has 0 spiro atoms. The van der Waals surface area contributed by atoms with Gasteiger partial charge in [-0.3, -0.25) is 19.4 Å². The molecule has 0 atom stereocenters. The molecule has 144 valence electrons. The monoisotopic (exact) mass is 364 g/mol. The molecule has 1 fully saturated rings. The van der Waals surface area contributed by atoms with Crippen LogP contribution in [0.15, 0.2) is 24.3 Å². The van der Waals surface area contributed by atoms with E-state index in [0.717, 1.165) is 38.2 Å². The van der Waals surface area contributed by atoms with E-state index in [9.17, 15) is 14.0 Å². The van der Waals surface area contributed by atoms with Crippen molar-refractivity contribution in [1.82, 2.24) is 19.6 Å². The number of amides is 2. The molecule has 2 rings (SSSR count). The van der Waals surface area contributed by atoms with Gasteiger partial charge in [-0.15, -0.1) is 0 Å². The predicted molar refractivity (Wildman–Crippen MR) is 99.1 cm³/mol. The Hall–Kier alpha value is -1.99. The quantitative estimate of drug-likeness (QED) is 0.752. The SMILES string of the molecule is CN(C)C(=O)CN1CCCN(CC(=O)N(C)Cc2ccc(F)cc2)CC1. The van der Waals surface area contributed by atoms with Crippen LogP contribution >= 0.6 is 0 Å². The van der Waals surface area contributed by atoms with Gasteiger partial charge in [-0.1, -0.05) is 12.1 Å². The highest BCUT2D eigenvalue weighted by molar-refractivity contribution is 5.78. The van der Waals surface area contributed by atoms with Crippen molar-refractivity contribution in [3.8, 4) is 0 Å². The van der Waals surface area contributed by atoms with E-state index in [1.807, 2.05) is 0 Å². The lowest BCUT2D eigenvalue weighted by atomic mass is 10.2. The summed E-state index contributed by atoms with van der Waals surface area (Å²) in [5.74, 6) is -0.120. The molecule has 0 aliphatic carbocycles.